The third-order valence-corrected chi connectivity index (χ3v) is 9.74. The lowest BCUT2D eigenvalue weighted by molar-refractivity contribution is -0.126. The first kappa shape index (κ1) is 33.8. The van der Waals surface area contributed by atoms with Crippen LogP contribution < -0.4 is 0 Å². The van der Waals surface area contributed by atoms with E-state index >= 15 is 0 Å². The van der Waals surface area contributed by atoms with Gasteiger partial charge in [-0.1, -0.05) is 12.2 Å². The predicted molar refractivity (Wildman–Crippen MR) is 173 cm³/mol. The normalized spacial score (nSPS) is 31.8. The molecule has 0 aromatic heterocycles. The molecule has 0 aromatic rings. The van der Waals surface area contributed by atoms with Crippen molar-refractivity contribution in [3.05, 3.63) is 46.9 Å². The summed E-state index contributed by atoms with van der Waals surface area (Å²) in [6.45, 7) is 10.8. The van der Waals surface area contributed by atoms with E-state index in [0.717, 1.165) is 56.8 Å². The van der Waals surface area contributed by atoms with Gasteiger partial charge in [0, 0.05) is 37.7 Å². The number of amides is 4. The molecule has 10 heteroatoms. The Morgan fingerprint density at radius 2 is 1.20 bits per heavy atom. The number of ether oxygens (including phenoxy) is 2. The van der Waals surface area contributed by atoms with Crippen molar-refractivity contribution in [2.24, 2.45) is 23.7 Å². The Kier molecular flexibility index (Phi) is 9.23. The Labute approximate surface area is 273 Å². The number of fused-ring (bicyclic) bond motifs is 6. The van der Waals surface area contributed by atoms with Gasteiger partial charge in [0.25, 0.3) is 11.8 Å². The molecule has 2 heterocycles. The van der Waals surface area contributed by atoms with Gasteiger partial charge in [0.15, 0.2) is 0 Å². The summed E-state index contributed by atoms with van der Waals surface area (Å²) < 4.78 is 10.9. The number of nitrogens with zero attached hydrogens (tertiary/aromatic N) is 3. The summed E-state index contributed by atoms with van der Waals surface area (Å²) in [4.78, 5) is 55.2. The van der Waals surface area contributed by atoms with Gasteiger partial charge in [-0.15, -0.1) is 0 Å². The van der Waals surface area contributed by atoms with Crippen LogP contribution >= 0.6 is 0 Å². The molecule has 0 bridgehead atoms. The number of aliphatic hydroxyl groups is 1. The van der Waals surface area contributed by atoms with Crippen molar-refractivity contribution in [1.29, 1.82) is 0 Å². The highest BCUT2D eigenvalue weighted by molar-refractivity contribution is 6.07. The van der Waals surface area contributed by atoms with Gasteiger partial charge < -0.3 is 19.5 Å². The molecule has 2 aliphatic heterocycles. The lowest BCUT2D eigenvalue weighted by Gasteiger charge is -2.29. The molecule has 4 fully saturated rings. The Morgan fingerprint density at radius 1 is 0.783 bits per heavy atom. The van der Waals surface area contributed by atoms with Crippen LogP contribution in [-0.2, 0) is 19.1 Å². The van der Waals surface area contributed by atoms with E-state index in [2.05, 4.69) is 12.2 Å². The number of likely N-dealkylation sites (tertiary alicyclic amines) is 2. The van der Waals surface area contributed by atoms with Crippen molar-refractivity contribution in [1.82, 2.24) is 14.7 Å². The van der Waals surface area contributed by atoms with Crippen molar-refractivity contribution in [2.75, 3.05) is 14.1 Å². The molecular weight excluding hydrogens is 586 g/mol. The minimum atomic E-state index is -0.655. The van der Waals surface area contributed by atoms with Crippen LogP contribution in [0.15, 0.2) is 46.9 Å². The molecule has 0 spiro atoms. The molecule has 1 N–H and O–H groups in total. The second-order valence-electron chi connectivity index (χ2n) is 15.7. The molecule has 2 saturated carbocycles. The molecule has 6 aliphatic rings. The minimum absolute atomic E-state index is 0.0978. The maximum atomic E-state index is 13.0. The van der Waals surface area contributed by atoms with Gasteiger partial charge in [0.1, 0.15) is 11.2 Å². The number of rotatable bonds is 1. The average molecular weight is 638 g/mol. The molecule has 0 radical (unpaired) electrons. The summed E-state index contributed by atoms with van der Waals surface area (Å²) in [7, 11) is 3.82. The minimum Gasteiger partial charge on any atom is -0.515 e. The molecule has 4 amide bonds. The fourth-order valence-corrected chi connectivity index (χ4v) is 8.20. The highest BCUT2D eigenvalue weighted by Gasteiger charge is 2.57. The van der Waals surface area contributed by atoms with Gasteiger partial charge in [-0.3, -0.25) is 9.59 Å². The Morgan fingerprint density at radius 3 is 1.59 bits per heavy atom. The fourth-order valence-electron chi connectivity index (χ4n) is 8.20. The van der Waals surface area contributed by atoms with Gasteiger partial charge in [-0.05, 0) is 116 Å². The van der Waals surface area contributed by atoms with Crippen LogP contribution in [0.5, 0.6) is 0 Å². The van der Waals surface area contributed by atoms with Crippen LogP contribution in [0.1, 0.15) is 92.9 Å². The van der Waals surface area contributed by atoms with Gasteiger partial charge >= 0.3 is 12.2 Å². The summed E-state index contributed by atoms with van der Waals surface area (Å²) in [5.74, 6) is 0.296. The number of hydrogen-bond acceptors (Lipinski definition) is 8. The monoisotopic (exact) mass is 637 g/mol. The highest BCUT2D eigenvalue weighted by atomic mass is 16.6. The third-order valence-electron chi connectivity index (χ3n) is 9.74. The Bertz CT molecular complexity index is 1390. The Hall–Kier alpha value is -3.56. The molecule has 6 atom stereocenters. The summed E-state index contributed by atoms with van der Waals surface area (Å²) in [6, 6.07) is -0.421. The second-order valence-corrected chi connectivity index (χ2v) is 15.7. The first-order valence-corrected chi connectivity index (χ1v) is 16.8. The standard InChI is InChI=1S/C19H28N2O3.C17H23NO4/c1-19(2,3)24-18(23)21-16-13-9-7-6-8-12(13)10-14(16)15(17(21)22)11-20(4)5;1-17(2,3)22-16(21)18-14-11-7-5-4-6-10(11)8-12(14)13(9-19)15(18)20/h9,11-12,14,16H,6-8,10H2,1-5H3;7,9-10,12,14,19H,4-6,8H2,1-3H3/b15-11+;13-9-/t12-,14+,16+;10-,12+,14+/m00/s1. The van der Waals surface area contributed by atoms with Crippen molar-refractivity contribution >= 4 is 24.0 Å². The van der Waals surface area contributed by atoms with E-state index in [1.165, 1.54) is 27.4 Å². The molecular formula is C36H51N3O7. The zero-order valence-electron chi connectivity index (χ0n) is 28.7. The van der Waals surface area contributed by atoms with Crippen LogP contribution in [0, 0.1) is 23.7 Å². The number of aliphatic hydroxyl groups excluding tert-OH is 1. The van der Waals surface area contributed by atoms with E-state index in [0.29, 0.717) is 17.4 Å². The number of imide groups is 2. The van der Waals surface area contributed by atoms with Gasteiger partial charge in [0.05, 0.1) is 23.9 Å². The van der Waals surface area contributed by atoms with E-state index < -0.39 is 29.3 Å². The predicted octanol–water partition coefficient (Wildman–Crippen LogP) is 6.64. The van der Waals surface area contributed by atoms with Gasteiger partial charge in [-0.2, -0.15) is 0 Å². The smallest absolute Gasteiger partial charge is 0.417 e. The van der Waals surface area contributed by atoms with Crippen LogP contribution in [0.3, 0.4) is 0 Å². The number of hydrogen-bond donors (Lipinski definition) is 1. The highest BCUT2D eigenvalue weighted by Crippen LogP contribution is 2.52. The lowest BCUT2D eigenvalue weighted by Crippen LogP contribution is -2.43. The van der Waals surface area contributed by atoms with Crippen LogP contribution in [-0.4, -0.2) is 81.2 Å². The summed E-state index contributed by atoms with van der Waals surface area (Å²) >= 11 is 0. The largest absolute Gasteiger partial charge is 0.515 e. The Balaban J connectivity index is 0.000000182. The maximum Gasteiger partial charge on any atom is 0.417 e. The third kappa shape index (κ3) is 6.49. The molecule has 6 rings (SSSR count). The topological polar surface area (TPSA) is 117 Å². The summed E-state index contributed by atoms with van der Waals surface area (Å²) in [6.07, 6.45) is 14.5. The SMILES string of the molecule is CC(C)(C)OC(=O)N1C(=O)/C(=C\O)[C@H]2C[C@@H]3CCCC=C3[C@H]21.CN(C)/C=C1/C(=O)N(C(=O)OC(C)(C)C)[C@@H]2C3=CCCC[C@H]3C[C@H]12. The quantitative estimate of drug-likeness (QED) is 0.193. The molecule has 2 saturated heterocycles. The van der Waals surface area contributed by atoms with Crippen molar-refractivity contribution in [2.45, 2.75) is 116 Å². The number of allylic oxidation sites excluding steroid dienone is 2. The van der Waals surface area contributed by atoms with Crippen LogP contribution in [0.25, 0.3) is 0 Å². The summed E-state index contributed by atoms with van der Waals surface area (Å²) in [5, 5.41) is 9.47. The lowest BCUT2D eigenvalue weighted by atomic mass is 9.89. The molecule has 10 nitrogen and oxygen atoms in total. The zero-order valence-corrected chi connectivity index (χ0v) is 28.7. The van der Waals surface area contributed by atoms with Gasteiger partial charge in [-0.25, -0.2) is 19.4 Å². The van der Waals surface area contributed by atoms with E-state index in [4.69, 9.17) is 9.47 Å². The van der Waals surface area contributed by atoms with Crippen LogP contribution in [0.2, 0.25) is 0 Å². The second kappa shape index (κ2) is 12.6. The fraction of sp³-hybridized carbons (Fsp3) is 0.667. The molecule has 4 aliphatic carbocycles. The molecule has 46 heavy (non-hydrogen) atoms. The van der Waals surface area contributed by atoms with Crippen molar-refractivity contribution in [3.63, 3.8) is 0 Å². The van der Waals surface area contributed by atoms with E-state index in [9.17, 15) is 24.3 Å². The van der Waals surface area contributed by atoms with Crippen molar-refractivity contribution in [3.8, 4) is 0 Å². The first-order chi connectivity index (χ1) is 21.5. The van der Waals surface area contributed by atoms with Crippen molar-refractivity contribution < 1.29 is 33.8 Å². The van der Waals surface area contributed by atoms with E-state index in [1.807, 2.05) is 46.0 Å². The maximum absolute atomic E-state index is 13.0. The van der Waals surface area contributed by atoms with E-state index in [-0.39, 0.29) is 29.8 Å². The average Bonchev–Trinajstić information content (AvgIpc) is 3.64. The summed E-state index contributed by atoms with van der Waals surface area (Å²) in [5.41, 5.74) is 2.26. The van der Waals surface area contributed by atoms with Gasteiger partial charge in [0.2, 0.25) is 0 Å². The number of carbonyl (C=O) groups is 4. The molecule has 0 aromatic carbocycles. The molecule has 0 unspecified atom stereocenters. The van der Waals surface area contributed by atoms with Crippen LogP contribution in [0.4, 0.5) is 9.59 Å². The zero-order chi connectivity index (χ0) is 33.7. The van der Waals surface area contributed by atoms with E-state index in [1.54, 1.807) is 20.8 Å². The molecule has 252 valence electrons. The number of carbonyl (C=O) groups excluding carboxylic acids is 4. The first-order valence-electron chi connectivity index (χ1n) is 16.8.